The zero-order chi connectivity index (χ0) is 19.5. The summed E-state index contributed by atoms with van der Waals surface area (Å²) in [4.78, 5) is 16.4. The SMILES string of the molecule is COc1ccc(C(O)Cn2cnc(C(=O)Nc3ccc4c(c3)OCO4)n2)cc1. The molecule has 1 unspecified atom stereocenters. The number of carbonyl (C=O) groups excluding carboxylic acids is 1. The van der Waals surface area contributed by atoms with E-state index in [1.54, 1.807) is 49.6 Å². The van der Waals surface area contributed by atoms with Crippen molar-refractivity contribution in [3.63, 3.8) is 0 Å². The zero-order valence-electron chi connectivity index (χ0n) is 15.0. The van der Waals surface area contributed by atoms with Gasteiger partial charge in [0.25, 0.3) is 5.91 Å². The van der Waals surface area contributed by atoms with Crippen LogP contribution in [0.25, 0.3) is 0 Å². The number of hydrogen-bond donors (Lipinski definition) is 2. The Bertz CT molecular complexity index is 986. The average molecular weight is 382 g/mol. The Labute approximate surface area is 160 Å². The molecule has 0 saturated carbocycles. The molecule has 1 aliphatic heterocycles. The van der Waals surface area contributed by atoms with Gasteiger partial charge in [-0.05, 0) is 29.8 Å². The molecule has 1 amide bonds. The summed E-state index contributed by atoms with van der Waals surface area (Å²) in [5, 5.41) is 17.2. The van der Waals surface area contributed by atoms with E-state index < -0.39 is 12.0 Å². The number of methoxy groups -OCH3 is 1. The van der Waals surface area contributed by atoms with Crippen molar-refractivity contribution in [2.24, 2.45) is 0 Å². The van der Waals surface area contributed by atoms with Gasteiger partial charge in [0.2, 0.25) is 12.6 Å². The van der Waals surface area contributed by atoms with Crippen LogP contribution < -0.4 is 19.5 Å². The molecular weight excluding hydrogens is 364 g/mol. The monoisotopic (exact) mass is 382 g/mol. The fraction of sp³-hybridized carbons (Fsp3) is 0.211. The normalized spacial score (nSPS) is 13.2. The molecule has 0 radical (unpaired) electrons. The standard InChI is InChI=1S/C19H18N4O5/c1-26-14-5-2-12(3-6-14)15(24)9-23-10-20-18(22-23)19(25)21-13-4-7-16-17(8-13)28-11-27-16/h2-8,10,15,24H,9,11H2,1H3,(H,21,25). The number of amides is 1. The van der Waals surface area contributed by atoms with Crippen molar-refractivity contribution < 1.29 is 24.1 Å². The molecule has 1 aromatic heterocycles. The Morgan fingerprint density at radius 1 is 1.25 bits per heavy atom. The minimum Gasteiger partial charge on any atom is -0.497 e. The highest BCUT2D eigenvalue weighted by molar-refractivity contribution is 6.01. The van der Waals surface area contributed by atoms with E-state index in [9.17, 15) is 9.90 Å². The molecule has 2 aromatic carbocycles. The lowest BCUT2D eigenvalue weighted by Crippen LogP contribution is -2.15. The first-order valence-corrected chi connectivity index (χ1v) is 8.55. The van der Waals surface area contributed by atoms with Crippen LogP contribution in [0.5, 0.6) is 17.2 Å². The fourth-order valence-corrected chi connectivity index (χ4v) is 2.76. The Morgan fingerprint density at radius 2 is 2.04 bits per heavy atom. The Hall–Kier alpha value is -3.59. The number of rotatable bonds is 6. The smallest absolute Gasteiger partial charge is 0.295 e. The number of benzene rings is 2. The van der Waals surface area contributed by atoms with Crippen LogP contribution in [0.3, 0.4) is 0 Å². The zero-order valence-corrected chi connectivity index (χ0v) is 15.0. The second-order valence-corrected chi connectivity index (χ2v) is 6.10. The maximum Gasteiger partial charge on any atom is 0.295 e. The molecule has 144 valence electrons. The molecule has 4 rings (SSSR count). The van der Waals surface area contributed by atoms with Crippen LogP contribution in [0.2, 0.25) is 0 Å². The van der Waals surface area contributed by atoms with Crippen LogP contribution in [0, 0.1) is 0 Å². The molecule has 0 fully saturated rings. The largest absolute Gasteiger partial charge is 0.497 e. The van der Waals surface area contributed by atoms with Crippen molar-refractivity contribution in [3.05, 3.63) is 60.2 Å². The maximum absolute atomic E-state index is 12.4. The van der Waals surface area contributed by atoms with E-state index in [0.29, 0.717) is 28.5 Å². The van der Waals surface area contributed by atoms with E-state index >= 15 is 0 Å². The van der Waals surface area contributed by atoms with Crippen LogP contribution in [0.15, 0.2) is 48.8 Å². The summed E-state index contributed by atoms with van der Waals surface area (Å²) >= 11 is 0. The highest BCUT2D eigenvalue weighted by atomic mass is 16.7. The van der Waals surface area contributed by atoms with Gasteiger partial charge in [-0.1, -0.05) is 12.1 Å². The summed E-state index contributed by atoms with van der Waals surface area (Å²) < 4.78 is 17.0. The average Bonchev–Trinajstić information content (AvgIpc) is 3.37. The first-order chi connectivity index (χ1) is 13.6. The number of aromatic nitrogens is 3. The van der Waals surface area contributed by atoms with Gasteiger partial charge in [-0.2, -0.15) is 0 Å². The van der Waals surface area contributed by atoms with Gasteiger partial charge < -0.3 is 24.6 Å². The van der Waals surface area contributed by atoms with E-state index in [-0.39, 0.29) is 19.2 Å². The number of nitrogens with one attached hydrogen (secondary N) is 1. The second-order valence-electron chi connectivity index (χ2n) is 6.10. The number of nitrogens with zero attached hydrogens (tertiary/aromatic N) is 3. The van der Waals surface area contributed by atoms with Crippen molar-refractivity contribution in [2.75, 3.05) is 19.2 Å². The number of carbonyl (C=O) groups is 1. The number of aliphatic hydroxyl groups is 1. The van der Waals surface area contributed by atoms with Gasteiger partial charge in [0.1, 0.15) is 12.1 Å². The molecule has 2 N–H and O–H groups in total. The number of ether oxygens (including phenoxy) is 3. The molecule has 2 heterocycles. The number of anilines is 1. The summed E-state index contributed by atoms with van der Waals surface area (Å²) in [6, 6.07) is 12.2. The second kappa shape index (κ2) is 7.57. The molecule has 1 atom stereocenters. The third-order valence-corrected chi connectivity index (χ3v) is 4.23. The lowest BCUT2D eigenvalue weighted by molar-refractivity contribution is 0.101. The number of hydrogen-bond acceptors (Lipinski definition) is 7. The van der Waals surface area contributed by atoms with Crippen LogP contribution >= 0.6 is 0 Å². The molecule has 0 aliphatic carbocycles. The first kappa shape index (κ1) is 17.8. The van der Waals surface area contributed by atoms with Crippen LogP contribution in [0.1, 0.15) is 22.3 Å². The minimum absolute atomic E-state index is 0.000372. The lowest BCUT2D eigenvalue weighted by atomic mass is 10.1. The maximum atomic E-state index is 12.4. The summed E-state index contributed by atoms with van der Waals surface area (Å²) in [6.45, 7) is 0.325. The predicted molar refractivity (Wildman–Crippen MR) is 98.5 cm³/mol. The molecule has 9 heteroatoms. The Balaban J connectivity index is 1.39. The van der Waals surface area contributed by atoms with Gasteiger partial charge in [0.05, 0.1) is 19.8 Å². The van der Waals surface area contributed by atoms with Gasteiger partial charge in [-0.25, -0.2) is 9.67 Å². The topological polar surface area (TPSA) is 108 Å². The highest BCUT2D eigenvalue weighted by Gasteiger charge is 2.17. The third kappa shape index (κ3) is 3.74. The highest BCUT2D eigenvalue weighted by Crippen LogP contribution is 2.34. The molecular formula is C19H18N4O5. The van der Waals surface area contributed by atoms with Crippen LogP contribution in [-0.4, -0.2) is 39.7 Å². The fourth-order valence-electron chi connectivity index (χ4n) is 2.76. The van der Waals surface area contributed by atoms with Gasteiger partial charge in [-0.3, -0.25) is 4.79 Å². The molecule has 3 aromatic rings. The van der Waals surface area contributed by atoms with Gasteiger partial charge in [-0.15, -0.1) is 5.10 Å². The van der Waals surface area contributed by atoms with E-state index in [4.69, 9.17) is 14.2 Å². The molecule has 0 bridgehead atoms. The molecule has 0 saturated heterocycles. The Morgan fingerprint density at radius 3 is 2.82 bits per heavy atom. The number of aliphatic hydroxyl groups excluding tert-OH is 1. The van der Waals surface area contributed by atoms with E-state index in [0.717, 1.165) is 0 Å². The summed E-state index contributed by atoms with van der Waals surface area (Å²) in [5.41, 5.74) is 1.26. The van der Waals surface area contributed by atoms with Crippen LogP contribution in [0.4, 0.5) is 5.69 Å². The lowest BCUT2D eigenvalue weighted by Gasteiger charge is -2.11. The molecule has 1 aliphatic rings. The van der Waals surface area contributed by atoms with Crippen molar-refractivity contribution >= 4 is 11.6 Å². The molecule has 0 spiro atoms. The minimum atomic E-state index is -0.794. The summed E-state index contributed by atoms with van der Waals surface area (Å²) in [6.07, 6.45) is 0.610. The predicted octanol–water partition coefficient (Wildman–Crippen LogP) is 2.00. The molecule has 9 nitrogen and oxygen atoms in total. The summed E-state index contributed by atoms with van der Waals surface area (Å²) in [7, 11) is 1.58. The van der Waals surface area contributed by atoms with Gasteiger partial charge >= 0.3 is 0 Å². The van der Waals surface area contributed by atoms with Crippen molar-refractivity contribution in [2.45, 2.75) is 12.6 Å². The Kier molecular flexibility index (Phi) is 4.81. The quantitative estimate of drug-likeness (QED) is 0.671. The number of fused-ring (bicyclic) bond motifs is 1. The van der Waals surface area contributed by atoms with Crippen molar-refractivity contribution in [3.8, 4) is 17.2 Å². The van der Waals surface area contributed by atoms with E-state index in [1.165, 1.54) is 11.0 Å². The van der Waals surface area contributed by atoms with Crippen LogP contribution in [-0.2, 0) is 6.54 Å². The summed E-state index contributed by atoms with van der Waals surface area (Å²) in [5.74, 6) is 1.45. The molecule has 28 heavy (non-hydrogen) atoms. The van der Waals surface area contributed by atoms with Crippen molar-refractivity contribution in [1.29, 1.82) is 0 Å². The van der Waals surface area contributed by atoms with E-state index in [2.05, 4.69) is 15.4 Å². The van der Waals surface area contributed by atoms with E-state index in [1.807, 2.05) is 0 Å². The van der Waals surface area contributed by atoms with Gasteiger partial charge in [0, 0.05) is 11.8 Å². The van der Waals surface area contributed by atoms with Crippen molar-refractivity contribution in [1.82, 2.24) is 14.8 Å². The van der Waals surface area contributed by atoms with Gasteiger partial charge in [0.15, 0.2) is 11.5 Å². The first-order valence-electron chi connectivity index (χ1n) is 8.55. The third-order valence-electron chi connectivity index (χ3n) is 4.23.